The molecule has 0 aliphatic carbocycles. The van der Waals surface area contributed by atoms with Crippen LogP contribution in [-0.2, 0) is 0 Å². The molecular formula is C26H23MgN5. The van der Waals surface area contributed by atoms with E-state index in [9.17, 15) is 0 Å². The molecule has 5 nitrogen and oxygen atoms in total. The van der Waals surface area contributed by atoms with E-state index in [0.717, 1.165) is 44.8 Å². The quantitative estimate of drug-likeness (QED) is 0.306. The van der Waals surface area contributed by atoms with Crippen molar-refractivity contribution in [3.8, 4) is 0 Å². The monoisotopic (exact) mass is 429 g/mol. The summed E-state index contributed by atoms with van der Waals surface area (Å²) < 4.78 is 0. The van der Waals surface area contributed by atoms with Crippen molar-refractivity contribution < 1.29 is 0 Å². The molecule has 0 saturated heterocycles. The number of fused-ring (bicyclic) bond motifs is 8. The van der Waals surface area contributed by atoms with Crippen LogP contribution in [-0.4, -0.2) is 43.0 Å². The number of hydrogen-bond donors (Lipinski definition) is 3. The van der Waals surface area contributed by atoms with E-state index in [0.29, 0.717) is 0 Å². The highest BCUT2D eigenvalue weighted by molar-refractivity contribution is 5.77. The number of H-pyrrole nitrogens is 2. The lowest BCUT2D eigenvalue weighted by Gasteiger charge is -1.85. The standard InChI is InChI=1S/C20H14N4.C6H7N.Mg.2H/c1-2-14-10-16-5-6-18(23-16)12-20-8-7-19(24-20)11-17-4-3-15(22-17)9-13(1)21-14;1-2-4-6-7-5-3-1;;;/h1-12,21,24H;1-7H;;;. The molecule has 154 valence electrons. The first-order valence-corrected chi connectivity index (χ1v) is 10.1. The summed E-state index contributed by atoms with van der Waals surface area (Å²) in [6.45, 7) is 0. The fraction of sp³-hybridized carbons (Fsp3) is 0. The fourth-order valence-electron chi connectivity index (χ4n) is 3.35. The Hall–Kier alpha value is -3.61. The second-order valence-electron chi connectivity index (χ2n) is 7.17. The molecule has 3 aromatic heterocycles. The maximum atomic E-state index is 4.63. The highest BCUT2D eigenvalue weighted by Crippen LogP contribution is 2.16. The van der Waals surface area contributed by atoms with Crippen LogP contribution in [0, 0.1) is 0 Å². The van der Waals surface area contributed by atoms with Crippen molar-refractivity contribution >= 4 is 69.4 Å². The molecule has 3 aromatic rings. The molecule has 0 amide bonds. The van der Waals surface area contributed by atoms with E-state index in [1.807, 2.05) is 85.3 Å². The van der Waals surface area contributed by atoms with Gasteiger partial charge in [-0.25, -0.2) is 9.97 Å². The minimum Gasteiger partial charge on any atom is -0.368 e. The van der Waals surface area contributed by atoms with Gasteiger partial charge < -0.3 is 15.3 Å². The van der Waals surface area contributed by atoms with Gasteiger partial charge in [0.2, 0.25) is 0 Å². The van der Waals surface area contributed by atoms with Gasteiger partial charge in [0.05, 0.1) is 22.8 Å². The minimum atomic E-state index is 0. The molecule has 6 rings (SSSR count). The second kappa shape index (κ2) is 10.1. The number of nitrogens with one attached hydrogen (secondary N) is 3. The summed E-state index contributed by atoms with van der Waals surface area (Å²) in [4.78, 5) is 16.0. The smallest absolute Gasteiger partial charge is 0.316 e. The lowest BCUT2D eigenvalue weighted by atomic mass is 10.3. The molecule has 0 radical (unpaired) electrons. The Morgan fingerprint density at radius 1 is 0.469 bits per heavy atom. The number of nitrogens with zero attached hydrogens (tertiary/aromatic N) is 2. The number of hydrogen-bond acceptors (Lipinski definition) is 3. The molecule has 0 aromatic carbocycles. The number of allylic oxidation sites excluding steroid dienone is 4. The summed E-state index contributed by atoms with van der Waals surface area (Å²) in [6, 6.07) is 16.4. The summed E-state index contributed by atoms with van der Waals surface area (Å²) in [7, 11) is 0. The Kier molecular flexibility index (Phi) is 6.84. The maximum absolute atomic E-state index is 4.63. The zero-order valence-corrected chi connectivity index (χ0v) is 16.8. The molecule has 8 bridgehead atoms. The first-order chi connectivity index (χ1) is 15.3. The second-order valence-corrected chi connectivity index (χ2v) is 7.17. The molecule has 32 heavy (non-hydrogen) atoms. The summed E-state index contributed by atoms with van der Waals surface area (Å²) in [5.74, 6) is 0. The molecule has 3 N–H and O–H groups in total. The van der Waals surface area contributed by atoms with Crippen molar-refractivity contribution in [2.45, 2.75) is 0 Å². The van der Waals surface area contributed by atoms with Gasteiger partial charge in [0.25, 0.3) is 0 Å². The third kappa shape index (κ3) is 5.54. The van der Waals surface area contributed by atoms with Gasteiger partial charge in [-0.3, -0.25) is 0 Å². The number of aromatic amines is 2. The Bertz CT molecular complexity index is 1230. The van der Waals surface area contributed by atoms with Gasteiger partial charge in [0.1, 0.15) is 0 Å². The topological polar surface area (TPSA) is 69.4 Å². The maximum Gasteiger partial charge on any atom is 0.316 e. The van der Waals surface area contributed by atoms with Gasteiger partial charge in [-0.1, -0.05) is 12.2 Å². The van der Waals surface area contributed by atoms with E-state index in [1.165, 1.54) is 0 Å². The number of rotatable bonds is 0. The van der Waals surface area contributed by atoms with E-state index in [1.54, 1.807) is 0 Å². The molecule has 6 heterocycles. The molecule has 0 fully saturated rings. The van der Waals surface area contributed by atoms with Crippen LogP contribution in [0.3, 0.4) is 0 Å². The normalized spacial score (nSPS) is 13.0. The molecular weight excluding hydrogens is 407 g/mol. The van der Waals surface area contributed by atoms with Crippen LogP contribution in [0.5, 0.6) is 0 Å². The van der Waals surface area contributed by atoms with Crippen LogP contribution < -0.4 is 5.32 Å². The van der Waals surface area contributed by atoms with E-state index >= 15 is 0 Å². The van der Waals surface area contributed by atoms with Crippen LogP contribution in [0.4, 0.5) is 0 Å². The molecule has 3 aliphatic heterocycles. The van der Waals surface area contributed by atoms with Crippen molar-refractivity contribution in [1.82, 2.24) is 25.3 Å². The Balaban J connectivity index is 0.000000265. The lowest BCUT2D eigenvalue weighted by Crippen LogP contribution is -1.87. The summed E-state index contributed by atoms with van der Waals surface area (Å²) in [5, 5.41) is 2.92. The van der Waals surface area contributed by atoms with Gasteiger partial charge in [-0.2, -0.15) is 0 Å². The Labute approximate surface area is 202 Å². The first kappa shape index (κ1) is 21.6. The van der Waals surface area contributed by atoms with E-state index in [-0.39, 0.29) is 23.1 Å². The van der Waals surface area contributed by atoms with E-state index in [4.69, 9.17) is 0 Å². The Morgan fingerprint density at radius 2 is 0.812 bits per heavy atom. The molecule has 6 heteroatoms. The van der Waals surface area contributed by atoms with E-state index < -0.39 is 0 Å². The summed E-state index contributed by atoms with van der Waals surface area (Å²) in [6.07, 6.45) is 19.7. The van der Waals surface area contributed by atoms with Crippen molar-refractivity contribution in [1.29, 1.82) is 0 Å². The summed E-state index contributed by atoms with van der Waals surface area (Å²) >= 11 is 0. The zero-order chi connectivity index (χ0) is 20.9. The fourth-order valence-corrected chi connectivity index (χ4v) is 3.35. The average molecular weight is 430 g/mol. The van der Waals surface area contributed by atoms with Crippen molar-refractivity contribution in [3.05, 3.63) is 108 Å². The third-order valence-corrected chi connectivity index (χ3v) is 4.76. The molecule has 0 spiro atoms. The van der Waals surface area contributed by atoms with Gasteiger partial charge in [0, 0.05) is 34.5 Å². The molecule has 0 atom stereocenters. The third-order valence-electron chi connectivity index (χ3n) is 4.76. The highest BCUT2D eigenvalue weighted by Gasteiger charge is 2.01. The van der Waals surface area contributed by atoms with Gasteiger partial charge in [0.15, 0.2) is 0 Å². The van der Waals surface area contributed by atoms with Crippen molar-refractivity contribution in [2.24, 2.45) is 0 Å². The average Bonchev–Trinajstić information content (AvgIpc) is 3.53. The SMILES string of the molecule is C1=CC=CNC=C1.C1=Cc2cc3ccc(cc4nc(cc5ccc(cc1n2)[nH]5)C=C4)[nH]3.[MgH2]. The minimum absolute atomic E-state index is 0. The highest BCUT2D eigenvalue weighted by atomic mass is 24.3. The zero-order valence-electron chi connectivity index (χ0n) is 16.8. The predicted octanol–water partition coefficient (Wildman–Crippen LogP) is 4.91. The first-order valence-electron chi connectivity index (χ1n) is 10.1. The van der Waals surface area contributed by atoms with Crippen LogP contribution in [0.1, 0.15) is 22.8 Å². The van der Waals surface area contributed by atoms with Gasteiger partial charge >= 0.3 is 23.1 Å². The summed E-state index contributed by atoms with van der Waals surface area (Å²) in [5.41, 5.74) is 7.86. The van der Waals surface area contributed by atoms with Crippen LogP contribution >= 0.6 is 0 Å². The lowest BCUT2D eigenvalue weighted by molar-refractivity contribution is 1.20. The molecule has 0 saturated carbocycles. The number of aromatic nitrogens is 4. The predicted molar refractivity (Wildman–Crippen MR) is 138 cm³/mol. The van der Waals surface area contributed by atoms with Crippen LogP contribution in [0.15, 0.2) is 85.2 Å². The Morgan fingerprint density at radius 3 is 1.16 bits per heavy atom. The molecule has 0 unspecified atom stereocenters. The van der Waals surface area contributed by atoms with E-state index in [2.05, 4.69) is 49.5 Å². The largest absolute Gasteiger partial charge is 0.368 e. The van der Waals surface area contributed by atoms with Crippen molar-refractivity contribution in [3.63, 3.8) is 0 Å². The van der Waals surface area contributed by atoms with Crippen LogP contribution in [0.25, 0.3) is 46.4 Å². The van der Waals surface area contributed by atoms with Gasteiger partial charge in [-0.05, 0) is 85.0 Å². The molecule has 3 aliphatic rings. The van der Waals surface area contributed by atoms with Crippen molar-refractivity contribution in [2.75, 3.05) is 0 Å². The van der Waals surface area contributed by atoms with Gasteiger partial charge in [-0.15, -0.1) is 0 Å². The van der Waals surface area contributed by atoms with Crippen LogP contribution in [0.2, 0.25) is 0 Å².